The lowest BCUT2D eigenvalue weighted by atomic mass is 10.5. The van der Waals surface area contributed by atoms with Crippen LogP contribution in [0.25, 0.3) is 0 Å². The Bertz CT molecular complexity index is 248. The van der Waals surface area contributed by atoms with Gasteiger partial charge in [0.2, 0.25) is 5.76 Å². The van der Waals surface area contributed by atoms with Gasteiger partial charge >= 0.3 is 11.9 Å². The van der Waals surface area contributed by atoms with Gasteiger partial charge in [0.05, 0.1) is 12.0 Å². The van der Waals surface area contributed by atoms with Gasteiger partial charge in [-0.3, -0.25) is 0 Å². The molecule has 0 bridgehead atoms. The van der Waals surface area contributed by atoms with Gasteiger partial charge in [0.1, 0.15) is 0 Å². The third-order valence-electron chi connectivity index (χ3n) is 1.02. The maximum Gasteiger partial charge on any atom is 0.381 e. The topological polar surface area (TPSA) is 52.6 Å². The minimum Gasteiger partial charge on any atom is -0.466 e. The lowest BCUT2D eigenvalue weighted by molar-refractivity contribution is -0.152. The molecule has 0 saturated carbocycles. The van der Waals surface area contributed by atoms with Gasteiger partial charge in [0, 0.05) is 0 Å². The quantitative estimate of drug-likeness (QED) is 0.393. The van der Waals surface area contributed by atoms with Crippen LogP contribution >= 0.6 is 23.2 Å². The summed E-state index contributed by atoms with van der Waals surface area (Å²) in [5.74, 6) is -1.79. The Labute approximate surface area is 78.0 Å². The van der Waals surface area contributed by atoms with E-state index >= 15 is 0 Å². The summed E-state index contributed by atoms with van der Waals surface area (Å²) < 4.78 is 8.86. The first-order valence-corrected chi connectivity index (χ1v) is 3.95. The van der Waals surface area contributed by atoms with Gasteiger partial charge in [-0.05, 0) is 0 Å². The van der Waals surface area contributed by atoms with Crippen LogP contribution in [0.3, 0.4) is 0 Å². The van der Waals surface area contributed by atoms with Crippen LogP contribution in [0.1, 0.15) is 0 Å². The molecular weight excluding hydrogens is 207 g/mol. The first-order valence-electron chi connectivity index (χ1n) is 2.98. The molecule has 1 aliphatic heterocycles. The van der Waals surface area contributed by atoms with E-state index in [9.17, 15) is 9.59 Å². The summed E-state index contributed by atoms with van der Waals surface area (Å²) in [5, 5.41) is 0. The maximum atomic E-state index is 10.7. The average Bonchev–Trinajstić information content (AvgIpc) is 2.30. The van der Waals surface area contributed by atoms with Crippen LogP contribution in [-0.2, 0) is 19.1 Å². The van der Waals surface area contributed by atoms with E-state index in [1.807, 2.05) is 0 Å². The van der Waals surface area contributed by atoms with Gasteiger partial charge in [0.25, 0.3) is 0 Å². The second-order valence-corrected chi connectivity index (χ2v) is 2.69. The van der Waals surface area contributed by atoms with Crippen molar-refractivity contribution in [2.24, 2.45) is 0 Å². The summed E-state index contributed by atoms with van der Waals surface area (Å²) in [6.07, 6.45) is 0.921. The third kappa shape index (κ3) is 2.12. The Hall–Kier alpha value is -0.740. The first-order chi connectivity index (χ1) is 5.63. The number of halogens is 2. The molecule has 1 aliphatic rings. The van der Waals surface area contributed by atoms with Gasteiger partial charge < -0.3 is 9.47 Å². The summed E-state index contributed by atoms with van der Waals surface area (Å²) in [5.41, 5.74) is -0.837. The highest BCUT2D eigenvalue weighted by Crippen LogP contribution is 2.14. The van der Waals surface area contributed by atoms with Crippen molar-refractivity contribution < 1.29 is 19.1 Å². The Kier molecular flexibility index (Phi) is 2.94. The highest BCUT2D eigenvalue weighted by molar-refractivity contribution is 6.27. The molecule has 0 aliphatic carbocycles. The van der Waals surface area contributed by atoms with Crippen LogP contribution < -0.4 is 0 Å². The summed E-state index contributed by atoms with van der Waals surface area (Å²) in [6, 6.07) is 0. The monoisotopic (exact) mass is 210 g/mol. The Balaban J connectivity index is 2.58. The second kappa shape index (κ2) is 3.78. The number of carbonyl (C=O) groups is 2. The van der Waals surface area contributed by atoms with Crippen LogP contribution in [0.4, 0.5) is 0 Å². The summed E-state index contributed by atoms with van der Waals surface area (Å²) in [4.78, 5) is 21.2. The molecule has 0 amide bonds. The number of hydrogen-bond donors (Lipinski definition) is 0. The fourth-order valence-corrected chi connectivity index (χ4v) is 0.747. The maximum absolute atomic E-state index is 10.7. The number of ether oxygens (including phenoxy) is 2. The molecule has 1 unspecified atom stereocenters. The normalized spacial score (nSPS) is 18.7. The smallest absolute Gasteiger partial charge is 0.381 e. The molecule has 0 saturated heterocycles. The molecule has 0 aromatic carbocycles. The molecule has 0 aromatic rings. The van der Waals surface area contributed by atoms with Crippen molar-refractivity contribution in [1.82, 2.24) is 0 Å². The van der Waals surface area contributed by atoms with Gasteiger partial charge in [0.15, 0.2) is 5.56 Å². The molecule has 0 spiro atoms. The molecule has 4 nitrogen and oxygen atoms in total. The summed E-state index contributed by atoms with van der Waals surface area (Å²) in [6.45, 7) is 0. The highest BCUT2D eigenvalue weighted by Gasteiger charge is 2.26. The molecule has 0 N–H and O–H groups in total. The van der Waals surface area contributed by atoms with Crippen LogP contribution in [0.2, 0.25) is 0 Å². The molecular formula is C6H4Cl2O4. The minimum absolute atomic E-state index is 0.0143. The van der Waals surface area contributed by atoms with Crippen molar-refractivity contribution in [2.75, 3.05) is 5.88 Å². The van der Waals surface area contributed by atoms with E-state index in [1.54, 1.807) is 0 Å². The standard InChI is InChI=1S/C6H4Cl2O4/c7-2-4(8)11-3-1-5(9)12-6(3)10/h1,4H,2H2. The van der Waals surface area contributed by atoms with Crippen molar-refractivity contribution in [3.05, 3.63) is 11.8 Å². The van der Waals surface area contributed by atoms with E-state index in [0.717, 1.165) is 6.08 Å². The molecule has 6 heteroatoms. The fourth-order valence-electron chi connectivity index (χ4n) is 0.588. The molecule has 1 rings (SSSR count). The van der Waals surface area contributed by atoms with E-state index in [1.165, 1.54) is 0 Å². The number of carbonyl (C=O) groups excluding carboxylic acids is 2. The van der Waals surface area contributed by atoms with Crippen LogP contribution in [0, 0.1) is 0 Å². The Morgan fingerprint density at radius 3 is 2.67 bits per heavy atom. The predicted molar refractivity (Wildman–Crippen MR) is 40.6 cm³/mol. The SMILES string of the molecule is O=C1C=C(OC(Cl)CCl)C(=O)O1. The average molecular weight is 211 g/mol. The van der Waals surface area contributed by atoms with E-state index in [0.29, 0.717) is 0 Å². The van der Waals surface area contributed by atoms with Crippen molar-refractivity contribution >= 4 is 35.1 Å². The zero-order chi connectivity index (χ0) is 9.14. The number of esters is 2. The van der Waals surface area contributed by atoms with E-state index in [2.05, 4.69) is 4.74 Å². The summed E-state index contributed by atoms with van der Waals surface area (Å²) >= 11 is 10.7. The zero-order valence-electron chi connectivity index (χ0n) is 5.75. The highest BCUT2D eigenvalue weighted by atomic mass is 35.5. The largest absolute Gasteiger partial charge is 0.466 e. The summed E-state index contributed by atoms with van der Waals surface area (Å²) in [7, 11) is 0. The van der Waals surface area contributed by atoms with E-state index in [-0.39, 0.29) is 11.6 Å². The van der Waals surface area contributed by atoms with Crippen molar-refractivity contribution in [3.8, 4) is 0 Å². The van der Waals surface area contributed by atoms with Crippen LogP contribution in [0.5, 0.6) is 0 Å². The minimum atomic E-state index is -0.837. The number of alkyl halides is 2. The van der Waals surface area contributed by atoms with Crippen LogP contribution in [0.15, 0.2) is 11.8 Å². The van der Waals surface area contributed by atoms with Crippen molar-refractivity contribution in [2.45, 2.75) is 5.56 Å². The third-order valence-corrected chi connectivity index (χ3v) is 1.70. The molecule has 0 radical (unpaired) electrons. The van der Waals surface area contributed by atoms with E-state index < -0.39 is 17.5 Å². The first kappa shape index (κ1) is 9.35. The van der Waals surface area contributed by atoms with Gasteiger partial charge in [-0.25, -0.2) is 9.59 Å². The predicted octanol–water partition coefficient (Wildman–Crippen LogP) is 0.774. The van der Waals surface area contributed by atoms with Crippen LogP contribution in [-0.4, -0.2) is 23.4 Å². The van der Waals surface area contributed by atoms with Crippen molar-refractivity contribution in [1.29, 1.82) is 0 Å². The number of rotatable bonds is 3. The Morgan fingerprint density at radius 1 is 1.58 bits per heavy atom. The van der Waals surface area contributed by atoms with E-state index in [4.69, 9.17) is 27.9 Å². The molecule has 66 valence electrons. The van der Waals surface area contributed by atoms with Gasteiger partial charge in [-0.2, -0.15) is 0 Å². The van der Waals surface area contributed by atoms with Crippen molar-refractivity contribution in [3.63, 3.8) is 0 Å². The molecule has 1 atom stereocenters. The zero-order valence-corrected chi connectivity index (χ0v) is 7.26. The molecule has 0 aromatic heterocycles. The molecule has 12 heavy (non-hydrogen) atoms. The molecule has 1 heterocycles. The Morgan fingerprint density at radius 2 is 2.25 bits per heavy atom. The second-order valence-electron chi connectivity index (χ2n) is 1.90. The van der Waals surface area contributed by atoms with Gasteiger partial charge in [-0.15, -0.1) is 11.6 Å². The lowest BCUT2D eigenvalue weighted by Crippen LogP contribution is -2.11. The van der Waals surface area contributed by atoms with Gasteiger partial charge in [-0.1, -0.05) is 11.6 Å². The molecule has 0 fully saturated rings. The number of cyclic esters (lactones) is 2. The fraction of sp³-hybridized carbons (Fsp3) is 0.333. The number of hydrogen-bond acceptors (Lipinski definition) is 4. The lowest BCUT2D eigenvalue weighted by Gasteiger charge is -2.06.